The Hall–Kier alpha value is -2.63. The van der Waals surface area contributed by atoms with Crippen molar-refractivity contribution in [2.24, 2.45) is 0 Å². The van der Waals surface area contributed by atoms with Gasteiger partial charge in [0, 0.05) is 32.9 Å². The van der Waals surface area contributed by atoms with Crippen molar-refractivity contribution in [3.63, 3.8) is 0 Å². The Morgan fingerprint density at radius 2 is 1.96 bits per heavy atom. The third-order valence-corrected chi connectivity index (χ3v) is 5.62. The Morgan fingerprint density at radius 1 is 1.18 bits per heavy atom. The van der Waals surface area contributed by atoms with Crippen LogP contribution in [0, 0.1) is 13.8 Å². The highest BCUT2D eigenvalue weighted by atomic mass is 35.5. The molecule has 0 atom stereocenters. The van der Waals surface area contributed by atoms with E-state index in [1.54, 1.807) is 29.5 Å². The van der Waals surface area contributed by atoms with Gasteiger partial charge in [0.05, 0.1) is 6.54 Å². The second-order valence-corrected chi connectivity index (χ2v) is 7.78. The van der Waals surface area contributed by atoms with Gasteiger partial charge in [0.2, 0.25) is 5.78 Å². The largest absolute Gasteiger partial charge is 0.454 e. The van der Waals surface area contributed by atoms with Crippen LogP contribution in [0.25, 0.3) is 6.08 Å². The van der Waals surface area contributed by atoms with Crippen LogP contribution in [0.1, 0.15) is 32.2 Å². The standard InChI is InChI=1S/C22H20ClNO3S/c1-15-12-19(16(2)24(15)13-18-7-5-11-28-18)21(25)14-27-22(26)10-9-17-6-3-4-8-20(17)23/h3-12H,13-14H2,1-2H3/b10-9+. The highest BCUT2D eigenvalue weighted by molar-refractivity contribution is 7.09. The Morgan fingerprint density at radius 3 is 2.68 bits per heavy atom. The van der Waals surface area contributed by atoms with E-state index in [2.05, 4.69) is 10.6 Å². The molecule has 0 spiro atoms. The monoisotopic (exact) mass is 413 g/mol. The summed E-state index contributed by atoms with van der Waals surface area (Å²) < 4.78 is 7.20. The molecule has 0 N–H and O–H groups in total. The number of rotatable bonds is 7. The number of halogens is 1. The van der Waals surface area contributed by atoms with Crippen LogP contribution in [-0.2, 0) is 16.1 Å². The summed E-state index contributed by atoms with van der Waals surface area (Å²) in [5.41, 5.74) is 3.17. The molecule has 0 saturated carbocycles. The molecule has 0 amide bonds. The molecule has 0 fully saturated rings. The van der Waals surface area contributed by atoms with E-state index in [1.165, 1.54) is 11.0 Å². The van der Waals surface area contributed by atoms with E-state index >= 15 is 0 Å². The van der Waals surface area contributed by atoms with Gasteiger partial charge < -0.3 is 9.30 Å². The molecule has 2 aromatic heterocycles. The fourth-order valence-corrected chi connectivity index (χ4v) is 3.81. The zero-order chi connectivity index (χ0) is 20.1. The van der Waals surface area contributed by atoms with Gasteiger partial charge >= 0.3 is 5.97 Å². The van der Waals surface area contributed by atoms with Crippen molar-refractivity contribution in [1.82, 2.24) is 4.57 Å². The molecule has 144 valence electrons. The second kappa shape index (κ2) is 9.04. The molecule has 1 aromatic carbocycles. The Labute approximate surface area is 173 Å². The van der Waals surface area contributed by atoms with Crippen molar-refractivity contribution in [2.75, 3.05) is 6.61 Å². The molecule has 0 radical (unpaired) electrons. The summed E-state index contributed by atoms with van der Waals surface area (Å²) >= 11 is 7.72. The third-order valence-electron chi connectivity index (χ3n) is 4.42. The van der Waals surface area contributed by atoms with E-state index < -0.39 is 5.97 Å². The maximum Gasteiger partial charge on any atom is 0.331 e. The molecule has 0 saturated heterocycles. The fraction of sp³-hybridized carbons (Fsp3) is 0.182. The van der Waals surface area contributed by atoms with Crippen LogP contribution >= 0.6 is 22.9 Å². The van der Waals surface area contributed by atoms with Gasteiger partial charge in [-0.25, -0.2) is 4.79 Å². The first-order valence-corrected chi connectivity index (χ1v) is 10.0. The maximum atomic E-state index is 12.5. The summed E-state index contributed by atoms with van der Waals surface area (Å²) in [5.74, 6) is -0.800. The molecule has 0 bridgehead atoms. The Bertz CT molecular complexity index is 1020. The van der Waals surface area contributed by atoms with Gasteiger partial charge in [0.15, 0.2) is 6.61 Å². The summed E-state index contributed by atoms with van der Waals surface area (Å²) in [6, 6.07) is 13.1. The van der Waals surface area contributed by atoms with Gasteiger partial charge in [-0.15, -0.1) is 11.3 Å². The molecular formula is C22H20ClNO3S. The maximum absolute atomic E-state index is 12.5. The number of nitrogens with zero attached hydrogens (tertiary/aromatic N) is 1. The molecule has 28 heavy (non-hydrogen) atoms. The number of ketones is 1. The summed E-state index contributed by atoms with van der Waals surface area (Å²) in [6.45, 7) is 4.31. The lowest BCUT2D eigenvalue weighted by Crippen LogP contribution is -2.13. The van der Waals surface area contributed by atoms with Crippen molar-refractivity contribution in [1.29, 1.82) is 0 Å². The first-order valence-electron chi connectivity index (χ1n) is 8.77. The number of aromatic nitrogens is 1. The molecule has 6 heteroatoms. The van der Waals surface area contributed by atoms with Crippen molar-refractivity contribution < 1.29 is 14.3 Å². The smallest absolute Gasteiger partial charge is 0.331 e. The van der Waals surface area contributed by atoms with Crippen LogP contribution in [0.15, 0.2) is 53.9 Å². The van der Waals surface area contributed by atoms with Crippen LogP contribution in [-0.4, -0.2) is 22.9 Å². The van der Waals surface area contributed by atoms with E-state index in [0.717, 1.165) is 17.9 Å². The minimum atomic E-state index is -0.583. The Kier molecular flexibility index (Phi) is 6.49. The zero-order valence-corrected chi connectivity index (χ0v) is 17.2. The molecule has 0 unspecified atom stereocenters. The molecule has 2 heterocycles. The number of aryl methyl sites for hydroxylation is 1. The molecule has 0 aliphatic heterocycles. The summed E-state index contributed by atoms with van der Waals surface area (Å²) in [5, 5.41) is 2.58. The lowest BCUT2D eigenvalue weighted by atomic mass is 10.1. The highest BCUT2D eigenvalue weighted by Crippen LogP contribution is 2.20. The van der Waals surface area contributed by atoms with Crippen molar-refractivity contribution in [3.05, 3.63) is 86.3 Å². The van der Waals surface area contributed by atoms with Crippen molar-refractivity contribution >= 4 is 40.8 Å². The second-order valence-electron chi connectivity index (χ2n) is 6.34. The topological polar surface area (TPSA) is 48.3 Å². The first-order chi connectivity index (χ1) is 13.5. The third kappa shape index (κ3) is 4.80. The summed E-state index contributed by atoms with van der Waals surface area (Å²) in [4.78, 5) is 25.7. The SMILES string of the molecule is Cc1cc(C(=O)COC(=O)/C=C/c2ccccc2Cl)c(C)n1Cc1cccs1. The first kappa shape index (κ1) is 20.1. The van der Waals surface area contributed by atoms with E-state index in [0.29, 0.717) is 16.1 Å². The summed E-state index contributed by atoms with van der Waals surface area (Å²) in [6.07, 6.45) is 2.84. The van der Waals surface area contributed by atoms with Crippen LogP contribution in [0.2, 0.25) is 5.02 Å². The summed E-state index contributed by atoms with van der Waals surface area (Å²) in [7, 11) is 0. The minimum absolute atomic E-state index is 0.218. The highest BCUT2D eigenvalue weighted by Gasteiger charge is 2.17. The zero-order valence-electron chi connectivity index (χ0n) is 15.6. The van der Waals surface area contributed by atoms with Crippen molar-refractivity contribution in [2.45, 2.75) is 20.4 Å². The Balaban J connectivity index is 1.62. The fourth-order valence-electron chi connectivity index (χ4n) is 2.92. The lowest BCUT2D eigenvalue weighted by molar-refractivity contribution is -0.136. The van der Waals surface area contributed by atoms with E-state index in [-0.39, 0.29) is 12.4 Å². The van der Waals surface area contributed by atoms with Crippen LogP contribution in [0.5, 0.6) is 0 Å². The predicted octanol–water partition coefficient (Wildman–Crippen LogP) is 5.31. The number of benzene rings is 1. The minimum Gasteiger partial charge on any atom is -0.454 e. The quantitative estimate of drug-likeness (QED) is 0.299. The molecule has 3 aromatic rings. The van der Waals surface area contributed by atoms with E-state index in [1.807, 2.05) is 43.5 Å². The lowest BCUT2D eigenvalue weighted by Gasteiger charge is -2.08. The number of esters is 1. The van der Waals surface area contributed by atoms with Crippen molar-refractivity contribution in [3.8, 4) is 0 Å². The molecule has 3 rings (SSSR count). The molecule has 0 aliphatic carbocycles. The van der Waals surface area contributed by atoms with Crippen LogP contribution in [0.3, 0.4) is 0 Å². The van der Waals surface area contributed by atoms with Crippen LogP contribution in [0.4, 0.5) is 0 Å². The normalized spacial score (nSPS) is 11.1. The average Bonchev–Trinajstić information content (AvgIpc) is 3.29. The van der Waals surface area contributed by atoms with E-state index in [4.69, 9.17) is 16.3 Å². The number of thiophene rings is 1. The van der Waals surface area contributed by atoms with Gasteiger partial charge in [-0.05, 0) is 49.1 Å². The number of carbonyl (C=O) groups excluding carboxylic acids is 2. The van der Waals surface area contributed by atoms with Gasteiger partial charge in [0.1, 0.15) is 0 Å². The van der Waals surface area contributed by atoms with Gasteiger partial charge in [0.25, 0.3) is 0 Å². The average molecular weight is 414 g/mol. The molecular weight excluding hydrogens is 394 g/mol. The molecule has 0 aliphatic rings. The van der Waals surface area contributed by atoms with Gasteiger partial charge in [-0.3, -0.25) is 4.79 Å². The number of hydrogen-bond acceptors (Lipinski definition) is 4. The van der Waals surface area contributed by atoms with E-state index in [9.17, 15) is 9.59 Å². The van der Waals surface area contributed by atoms with Gasteiger partial charge in [-0.1, -0.05) is 35.9 Å². The predicted molar refractivity (Wildman–Crippen MR) is 113 cm³/mol. The molecule has 4 nitrogen and oxygen atoms in total. The number of carbonyl (C=O) groups is 2. The number of hydrogen-bond donors (Lipinski definition) is 0. The number of Topliss-reactive ketones (excluding diaryl/α,β-unsaturated/α-hetero) is 1. The van der Waals surface area contributed by atoms with Crippen LogP contribution < -0.4 is 0 Å². The van der Waals surface area contributed by atoms with Gasteiger partial charge in [-0.2, -0.15) is 0 Å². The number of ether oxygens (including phenoxy) is 1.